The van der Waals surface area contributed by atoms with E-state index in [1.165, 1.54) is 20.2 Å². The average Bonchev–Trinajstić information content (AvgIpc) is 2.72. The van der Waals surface area contributed by atoms with Gasteiger partial charge in [-0.15, -0.1) is 0 Å². The topological polar surface area (TPSA) is 154 Å². The quantitative estimate of drug-likeness (QED) is 0.465. The second-order valence-corrected chi connectivity index (χ2v) is 6.04. The number of ether oxygens (including phenoxy) is 2. The number of hydrogen-bond acceptors (Lipinski definition) is 9. The molecule has 10 heteroatoms. The Balaban J connectivity index is 0.000000283. The van der Waals surface area contributed by atoms with Crippen LogP contribution in [-0.2, 0) is 0 Å². The lowest BCUT2D eigenvalue weighted by atomic mass is 10.1. The molecule has 0 saturated carbocycles. The van der Waals surface area contributed by atoms with Gasteiger partial charge in [0.05, 0.1) is 20.3 Å². The summed E-state index contributed by atoms with van der Waals surface area (Å²) in [5.74, 6) is 0.931. The highest BCUT2D eigenvalue weighted by atomic mass is 16.6. The monoisotopic (exact) mass is 394 g/mol. The summed E-state index contributed by atoms with van der Waals surface area (Å²) in [6.07, 6.45) is 1.10. The molecule has 154 valence electrons. The molecule has 2 heterocycles. The Morgan fingerprint density at radius 3 is 1.68 bits per heavy atom. The SMILES string of the molecule is COc1ccc([C@@H](O)[C@H](C)N)cn1.COc1ccc([C@@H](O)[C@H](C)[N+](=O)[O-])cn1. The van der Waals surface area contributed by atoms with Crippen LogP contribution >= 0.6 is 0 Å². The van der Waals surface area contributed by atoms with Crippen molar-refractivity contribution in [1.82, 2.24) is 9.97 Å². The molecular formula is C18H26N4O6. The molecule has 2 rings (SSSR count). The first kappa shape index (κ1) is 23.2. The standard InChI is InChI=1S/C9H12N2O4.C9H14N2O2/c1-6(11(13)14)9(12)7-3-4-8(15-2)10-5-7;1-6(10)9(12)7-3-4-8(13-2)11-5-7/h3-6,9,12H,1-2H3;3-6,9,12H,10H2,1-2H3/t2*6-,9-/m00/s1. The summed E-state index contributed by atoms with van der Waals surface area (Å²) in [5, 5.41) is 29.6. The summed E-state index contributed by atoms with van der Waals surface area (Å²) >= 11 is 0. The molecule has 0 aliphatic heterocycles. The molecule has 2 aromatic heterocycles. The maximum absolute atomic E-state index is 10.4. The van der Waals surface area contributed by atoms with Crippen LogP contribution in [0.15, 0.2) is 36.7 Å². The zero-order valence-electron chi connectivity index (χ0n) is 16.2. The van der Waals surface area contributed by atoms with Crippen molar-refractivity contribution in [3.8, 4) is 11.8 Å². The molecular weight excluding hydrogens is 368 g/mol. The van der Waals surface area contributed by atoms with Crippen molar-refractivity contribution < 1.29 is 24.6 Å². The molecule has 0 amide bonds. The van der Waals surface area contributed by atoms with E-state index in [1.54, 1.807) is 44.5 Å². The fraction of sp³-hybridized carbons (Fsp3) is 0.444. The average molecular weight is 394 g/mol. The van der Waals surface area contributed by atoms with Crippen molar-refractivity contribution in [2.24, 2.45) is 5.73 Å². The second kappa shape index (κ2) is 11.1. The van der Waals surface area contributed by atoms with Gasteiger partial charge in [0.15, 0.2) is 0 Å². The van der Waals surface area contributed by atoms with E-state index in [4.69, 9.17) is 15.2 Å². The fourth-order valence-electron chi connectivity index (χ4n) is 2.07. The minimum Gasteiger partial charge on any atom is -0.481 e. The van der Waals surface area contributed by atoms with Crippen LogP contribution in [0.5, 0.6) is 11.8 Å². The van der Waals surface area contributed by atoms with Crippen LogP contribution in [0.4, 0.5) is 0 Å². The number of nitrogens with two attached hydrogens (primary N) is 1. The number of aromatic nitrogens is 2. The summed E-state index contributed by atoms with van der Waals surface area (Å²) < 4.78 is 9.72. The van der Waals surface area contributed by atoms with E-state index in [9.17, 15) is 20.3 Å². The largest absolute Gasteiger partial charge is 0.481 e. The number of aliphatic hydroxyl groups excluding tert-OH is 2. The Bertz CT molecular complexity index is 724. The first-order chi connectivity index (χ1) is 13.2. The van der Waals surface area contributed by atoms with Crippen LogP contribution in [-0.4, -0.2) is 51.4 Å². The lowest BCUT2D eigenvalue weighted by Gasteiger charge is -2.14. The fourth-order valence-corrected chi connectivity index (χ4v) is 2.07. The third kappa shape index (κ3) is 6.72. The smallest absolute Gasteiger partial charge is 0.240 e. The van der Waals surface area contributed by atoms with Gasteiger partial charge in [-0.3, -0.25) is 10.1 Å². The van der Waals surface area contributed by atoms with Crippen molar-refractivity contribution in [2.75, 3.05) is 14.2 Å². The molecule has 2 aromatic rings. The van der Waals surface area contributed by atoms with Gasteiger partial charge in [0.25, 0.3) is 0 Å². The van der Waals surface area contributed by atoms with Gasteiger partial charge >= 0.3 is 0 Å². The molecule has 0 fully saturated rings. The molecule has 10 nitrogen and oxygen atoms in total. The first-order valence-corrected chi connectivity index (χ1v) is 8.46. The Hall–Kier alpha value is -2.82. The second-order valence-electron chi connectivity index (χ2n) is 6.04. The first-order valence-electron chi connectivity index (χ1n) is 8.46. The molecule has 0 bridgehead atoms. The van der Waals surface area contributed by atoms with Crippen LogP contribution < -0.4 is 15.2 Å². The zero-order chi connectivity index (χ0) is 21.3. The van der Waals surface area contributed by atoms with Crippen molar-refractivity contribution in [3.63, 3.8) is 0 Å². The van der Waals surface area contributed by atoms with E-state index in [0.29, 0.717) is 22.9 Å². The number of nitrogens with zero attached hydrogens (tertiary/aromatic N) is 3. The maximum atomic E-state index is 10.4. The molecule has 0 aliphatic rings. The van der Waals surface area contributed by atoms with E-state index in [0.717, 1.165) is 0 Å². The molecule has 4 atom stereocenters. The Labute approximate surface area is 163 Å². The Morgan fingerprint density at radius 1 is 0.964 bits per heavy atom. The summed E-state index contributed by atoms with van der Waals surface area (Å²) in [4.78, 5) is 17.7. The van der Waals surface area contributed by atoms with Crippen LogP contribution in [0, 0.1) is 10.1 Å². The predicted octanol–water partition coefficient (Wildman–Crippen LogP) is 1.26. The highest BCUT2D eigenvalue weighted by molar-refractivity contribution is 5.21. The van der Waals surface area contributed by atoms with E-state index in [1.807, 2.05) is 0 Å². The molecule has 28 heavy (non-hydrogen) atoms. The van der Waals surface area contributed by atoms with Gasteiger partial charge in [0.1, 0.15) is 6.10 Å². The molecule has 0 aromatic carbocycles. The minimum absolute atomic E-state index is 0.296. The molecule has 0 radical (unpaired) electrons. The minimum atomic E-state index is -1.15. The van der Waals surface area contributed by atoms with Crippen LogP contribution in [0.3, 0.4) is 0 Å². The summed E-state index contributed by atoms with van der Waals surface area (Å²) in [7, 11) is 3.02. The molecule has 0 saturated heterocycles. The number of aliphatic hydroxyl groups is 2. The zero-order valence-corrected chi connectivity index (χ0v) is 16.2. The van der Waals surface area contributed by atoms with Gasteiger partial charge in [-0.1, -0.05) is 0 Å². The molecule has 4 N–H and O–H groups in total. The normalized spacial score (nSPS) is 14.7. The van der Waals surface area contributed by atoms with Gasteiger partial charge in [-0.05, 0) is 19.1 Å². The lowest BCUT2D eigenvalue weighted by Crippen LogP contribution is -2.24. The molecule has 0 spiro atoms. The number of pyridine rings is 2. The highest BCUT2D eigenvalue weighted by Gasteiger charge is 2.25. The lowest BCUT2D eigenvalue weighted by molar-refractivity contribution is -0.531. The molecule has 0 aliphatic carbocycles. The van der Waals surface area contributed by atoms with Crippen molar-refractivity contribution in [3.05, 3.63) is 57.9 Å². The molecule has 0 unspecified atom stereocenters. The summed E-state index contributed by atoms with van der Waals surface area (Å²) in [6.45, 7) is 3.09. The van der Waals surface area contributed by atoms with Gasteiger partial charge in [-0.2, -0.15) is 0 Å². The Morgan fingerprint density at radius 2 is 1.39 bits per heavy atom. The summed E-state index contributed by atoms with van der Waals surface area (Å²) in [6, 6.07) is 5.19. The third-order valence-corrected chi connectivity index (χ3v) is 3.91. The number of hydrogen-bond donors (Lipinski definition) is 3. The van der Waals surface area contributed by atoms with Gasteiger partial charge in [0.2, 0.25) is 17.8 Å². The maximum Gasteiger partial charge on any atom is 0.240 e. The number of methoxy groups -OCH3 is 2. The van der Waals surface area contributed by atoms with Crippen molar-refractivity contribution >= 4 is 0 Å². The van der Waals surface area contributed by atoms with Crippen molar-refractivity contribution in [1.29, 1.82) is 0 Å². The van der Waals surface area contributed by atoms with Crippen LogP contribution in [0.1, 0.15) is 37.2 Å². The van der Waals surface area contributed by atoms with Crippen LogP contribution in [0.25, 0.3) is 0 Å². The van der Waals surface area contributed by atoms with E-state index in [-0.39, 0.29) is 6.04 Å². The van der Waals surface area contributed by atoms with E-state index >= 15 is 0 Å². The number of nitro groups is 1. The van der Waals surface area contributed by atoms with E-state index < -0.39 is 23.2 Å². The van der Waals surface area contributed by atoms with Gasteiger partial charge in [-0.25, -0.2) is 9.97 Å². The van der Waals surface area contributed by atoms with E-state index in [2.05, 4.69) is 9.97 Å². The van der Waals surface area contributed by atoms with Crippen LogP contribution in [0.2, 0.25) is 0 Å². The van der Waals surface area contributed by atoms with Gasteiger partial charge < -0.3 is 25.4 Å². The highest BCUT2D eigenvalue weighted by Crippen LogP contribution is 2.19. The third-order valence-electron chi connectivity index (χ3n) is 3.91. The Kier molecular flexibility index (Phi) is 9.22. The summed E-state index contributed by atoms with van der Waals surface area (Å²) in [5.41, 5.74) is 6.64. The van der Waals surface area contributed by atoms with Gasteiger partial charge in [0, 0.05) is 53.5 Å². The van der Waals surface area contributed by atoms with Crippen molar-refractivity contribution in [2.45, 2.75) is 38.1 Å². The number of rotatable bonds is 7. The predicted molar refractivity (Wildman–Crippen MR) is 102 cm³/mol.